The van der Waals surface area contributed by atoms with Crippen LogP contribution in [0.2, 0.25) is 0 Å². The first-order valence-electron chi connectivity index (χ1n) is 16.6. The number of benzene rings is 1. The number of carbonyl (C=O) groups is 3. The maximum absolute atomic E-state index is 15.4. The fraction of sp³-hybridized carbons (Fsp3) is 0.722. The average molecular weight is 630 g/mol. The summed E-state index contributed by atoms with van der Waals surface area (Å²) < 4.78 is 29.3. The number of rotatable bonds is 8. The molecule has 3 fully saturated rings. The van der Waals surface area contributed by atoms with E-state index in [1.165, 1.54) is 12.1 Å². The minimum atomic E-state index is -0.882. The number of Topliss-reactive ketones (excluding diaryl/α,β-unsaturated/α-hetero) is 1. The molecule has 1 aliphatic carbocycles. The van der Waals surface area contributed by atoms with Gasteiger partial charge in [-0.05, 0) is 77.3 Å². The molecule has 2 N–H and O–H groups in total. The summed E-state index contributed by atoms with van der Waals surface area (Å²) in [6.07, 6.45) is 3.08. The molecule has 1 radical (unpaired) electrons. The van der Waals surface area contributed by atoms with Gasteiger partial charge in [0.05, 0.1) is 6.04 Å². The highest BCUT2D eigenvalue weighted by Crippen LogP contribution is 2.49. The summed E-state index contributed by atoms with van der Waals surface area (Å²) in [6, 6.07) is 2.82. The van der Waals surface area contributed by atoms with Crippen molar-refractivity contribution >= 4 is 17.6 Å². The van der Waals surface area contributed by atoms with Gasteiger partial charge in [-0.1, -0.05) is 33.8 Å². The lowest BCUT2D eigenvalue weighted by atomic mass is 9.60. The number of hydrogen-bond acceptors (Lipinski definition) is 5. The Bertz CT molecular complexity index is 1270. The predicted molar refractivity (Wildman–Crippen MR) is 173 cm³/mol. The number of nitrogens with zero attached hydrogens (tertiary/aromatic N) is 2. The van der Waals surface area contributed by atoms with Gasteiger partial charge in [-0.25, -0.2) is 8.78 Å². The fourth-order valence-corrected chi connectivity index (χ4v) is 7.64. The van der Waals surface area contributed by atoms with Gasteiger partial charge in [0.15, 0.2) is 0 Å². The summed E-state index contributed by atoms with van der Waals surface area (Å²) in [5.41, 5.74) is -1.49. The zero-order valence-corrected chi connectivity index (χ0v) is 28.9. The van der Waals surface area contributed by atoms with Crippen molar-refractivity contribution in [2.24, 2.45) is 28.6 Å². The third-order valence-electron chi connectivity index (χ3n) is 11.0. The molecule has 2 amide bonds. The Morgan fingerprint density at radius 3 is 2.22 bits per heavy atom. The lowest BCUT2D eigenvalue weighted by Gasteiger charge is -2.50. The van der Waals surface area contributed by atoms with E-state index in [2.05, 4.69) is 57.1 Å². The number of amides is 2. The topological polar surface area (TPSA) is 81.8 Å². The molecule has 9 heteroatoms. The van der Waals surface area contributed by atoms with Crippen molar-refractivity contribution < 1.29 is 23.2 Å². The van der Waals surface area contributed by atoms with Gasteiger partial charge in [0.25, 0.3) is 0 Å². The van der Waals surface area contributed by atoms with Crippen LogP contribution < -0.4 is 10.6 Å². The monoisotopic (exact) mass is 629 g/mol. The first-order chi connectivity index (χ1) is 20.7. The van der Waals surface area contributed by atoms with Crippen LogP contribution in [-0.4, -0.2) is 77.7 Å². The molecule has 1 aromatic carbocycles. The van der Waals surface area contributed by atoms with E-state index in [1.54, 1.807) is 25.8 Å². The Morgan fingerprint density at radius 2 is 1.69 bits per heavy atom. The van der Waals surface area contributed by atoms with Gasteiger partial charge < -0.3 is 15.5 Å². The van der Waals surface area contributed by atoms with Crippen molar-refractivity contribution in [3.63, 3.8) is 0 Å². The van der Waals surface area contributed by atoms with Crippen LogP contribution in [0.5, 0.6) is 0 Å². The van der Waals surface area contributed by atoms with E-state index < -0.39 is 46.4 Å². The summed E-state index contributed by atoms with van der Waals surface area (Å²) >= 11 is 0. The van der Waals surface area contributed by atoms with Gasteiger partial charge in [0, 0.05) is 79.5 Å². The van der Waals surface area contributed by atoms with Crippen molar-refractivity contribution in [2.45, 2.75) is 104 Å². The number of hydrogen-bond donors (Lipinski definition) is 2. The van der Waals surface area contributed by atoms with Crippen molar-refractivity contribution in [3.8, 4) is 0 Å². The minimum absolute atomic E-state index is 0.0846. The van der Waals surface area contributed by atoms with Crippen LogP contribution in [0.3, 0.4) is 0 Å². The standard InChI is InChI=1S/C36H55F2N4O3/c1-11-41(10)31(44)29-28(26(19-39-29)36(40-32(45)33(2,3)4)16-14-35(8,9)15-17-36)30(43)25-21-42(34(5,6)7)20-24(25)23-13-12-22(37)18-27(23)38/h12-13,18,24-26,28-29,39H,2,11,14-17,19-21H2,1,3-10H3,(H,40,45)/t24?,25-,26-,28+,29+/m1/s1. The van der Waals surface area contributed by atoms with Gasteiger partial charge >= 0.3 is 0 Å². The summed E-state index contributed by atoms with van der Waals surface area (Å²) in [5, 5.41) is 6.82. The molecule has 3 aliphatic rings. The number of likely N-dealkylation sites (N-methyl/N-ethyl adjacent to an activating group) is 1. The second-order valence-electron chi connectivity index (χ2n) is 16.4. The number of ketones is 1. The number of carbonyl (C=O) groups excluding carboxylic acids is 3. The molecular weight excluding hydrogens is 574 g/mol. The normalized spacial score (nSPS) is 28.6. The van der Waals surface area contributed by atoms with E-state index in [-0.39, 0.29) is 34.5 Å². The van der Waals surface area contributed by atoms with E-state index in [0.29, 0.717) is 44.6 Å². The molecule has 0 spiro atoms. The second-order valence-corrected chi connectivity index (χ2v) is 16.4. The molecule has 1 saturated carbocycles. The number of halogens is 2. The predicted octanol–water partition coefficient (Wildman–Crippen LogP) is 5.35. The molecule has 0 aromatic heterocycles. The maximum atomic E-state index is 15.4. The molecule has 0 bridgehead atoms. The van der Waals surface area contributed by atoms with Crippen LogP contribution >= 0.6 is 0 Å². The molecule has 5 atom stereocenters. The largest absolute Gasteiger partial charge is 0.350 e. The third-order valence-corrected chi connectivity index (χ3v) is 11.0. The Kier molecular flexibility index (Phi) is 9.98. The molecule has 2 saturated heterocycles. The Hall–Kier alpha value is -2.39. The highest BCUT2D eigenvalue weighted by Gasteiger charge is 2.58. The maximum Gasteiger partial charge on any atom is 0.240 e. The zero-order chi connectivity index (χ0) is 33.7. The van der Waals surface area contributed by atoms with Crippen LogP contribution in [0.15, 0.2) is 18.2 Å². The van der Waals surface area contributed by atoms with Crippen LogP contribution in [-0.2, 0) is 14.4 Å². The molecule has 1 aromatic rings. The Balaban J connectivity index is 1.83. The first kappa shape index (κ1) is 35.5. The lowest BCUT2D eigenvalue weighted by molar-refractivity contribution is -0.140. The van der Waals surface area contributed by atoms with Crippen LogP contribution in [0.25, 0.3) is 0 Å². The molecule has 7 nitrogen and oxygen atoms in total. The molecule has 4 rings (SSSR count). The average Bonchev–Trinajstić information content (AvgIpc) is 3.59. The van der Waals surface area contributed by atoms with Crippen molar-refractivity contribution in [1.29, 1.82) is 0 Å². The lowest BCUT2D eigenvalue weighted by Crippen LogP contribution is -2.62. The van der Waals surface area contributed by atoms with E-state index in [4.69, 9.17) is 0 Å². The fourth-order valence-electron chi connectivity index (χ4n) is 7.64. The van der Waals surface area contributed by atoms with Gasteiger partial charge in [0.1, 0.15) is 17.4 Å². The highest BCUT2D eigenvalue weighted by atomic mass is 19.1. The molecule has 251 valence electrons. The van der Waals surface area contributed by atoms with E-state index in [9.17, 15) is 14.0 Å². The summed E-state index contributed by atoms with van der Waals surface area (Å²) in [6.45, 7) is 21.9. The highest BCUT2D eigenvalue weighted by molar-refractivity contribution is 5.94. The Labute approximate surface area is 269 Å². The molecular formula is C36H55F2N4O3. The summed E-state index contributed by atoms with van der Waals surface area (Å²) in [5.74, 6) is -3.98. The number of nitrogens with one attached hydrogen (secondary N) is 2. The van der Waals surface area contributed by atoms with Crippen molar-refractivity contribution in [3.05, 3.63) is 42.3 Å². The second kappa shape index (κ2) is 12.7. The van der Waals surface area contributed by atoms with Gasteiger partial charge in [0.2, 0.25) is 11.8 Å². The van der Waals surface area contributed by atoms with Gasteiger partial charge in [-0.3, -0.25) is 19.3 Å². The molecule has 45 heavy (non-hydrogen) atoms. The zero-order valence-electron chi connectivity index (χ0n) is 28.9. The number of likely N-dealkylation sites (tertiary alicyclic amines) is 1. The smallest absolute Gasteiger partial charge is 0.240 e. The molecule has 1 unspecified atom stereocenters. The minimum Gasteiger partial charge on any atom is -0.350 e. The molecule has 2 aliphatic heterocycles. The van der Waals surface area contributed by atoms with Crippen LogP contribution in [0.1, 0.15) is 92.6 Å². The van der Waals surface area contributed by atoms with E-state index in [1.807, 2.05) is 6.92 Å². The van der Waals surface area contributed by atoms with Gasteiger partial charge in [-0.15, -0.1) is 0 Å². The van der Waals surface area contributed by atoms with Crippen LogP contribution in [0, 0.1) is 47.1 Å². The third kappa shape index (κ3) is 7.29. The van der Waals surface area contributed by atoms with Crippen molar-refractivity contribution in [2.75, 3.05) is 33.2 Å². The van der Waals surface area contributed by atoms with Crippen molar-refractivity contribution in [1.82, 2.24) is 20.4 Å². The summed E-state index contributed by atoms with van der Waals surface area (Å²) in [4.78, 5) is 46.4. The SMILES string of the molecule is [CH2]C(C)(C)C(=O)NC1([C@@H]2CN[C@H](C(=O)N(C)CC)[C@H]2C(=O)[C@@H]2CN(C(C)(C)C)CC2c2ccc(F)cc2F)CCC(C)(C)CC1. The van der Waals surface area contributed by atoms with Gasteiger partial charge in [-0.2, -0.15) is 0 Å². The van der Waals surface area contributed by atoms with E-state index in [0.717, 1.165) is 18.9 Å². The quantitative estimate of drug-likeness (QED) is 0.406. The molecule has 2 heterocycles. The Morgan fingerprint density at radius 1 is 1.07 bits per heavy atom. The van der Waals surface area contributed by atoms with Crippen LogP contribution in [0.4, 0.5) is 8.78 Å². The first-order valence-corrected chi connectivity index (χ1v) is 16.6. The summed E-state index contributed by atoms with van der Waals surface area (Å²) in [7, 11) is 1.73. The van der Waals surface area contributed by atoms with E-state index >= 15 is 9.18 Å².